The predicted molar refractivity (Wildman–Crippen MR) is 108 cm³/mol. The minimum absolute atomic E-state index is 0.0454. The van der Waals surface area contributed by atoms with Crippen molar-refractivity contribution in [3.8, 4) is 11.8 Å². The lowest BCUT2D eigenvalue weighted by atomic mass is 10.1. The van der Waals surface area contributed by atoms with E-state index in [1.807, 2.05) is 55.5 Å². The number of amides is 1. The number of nitrogens with zero attached hydrogens (tertiary/aromatic N) is 1. The van der Waals surface area contributed by atoms with Gasteiger partial charge < -0.3 is 10.1 Å². The van der Waals surface area contributed by atoms with Gasteiger partial charge in [0.15, 0.2) is 0 Å². The fourth-order valence-corrected chi connectivity index (χ4v) is 2.92. The molecule has 0 heterocycles. The van der Waals surface area contributed by atoms with E-state index in [1.54, 1.807) is 6.08 Å². The van der Waals surface area contributed by atoms with E-state index in [0.29, 0.717) is 18.0 Å². The zero-order chi connectivity index (χ0) is 18.2. The van der Waals surface area contributed by atoms with Crippen LogP contribution >= 0.6 is 22.6 Å². The van der Waals surface area contributed by atoms with Gasteiger partial charge in [-0.2, -0.15) is 5.26 Å². The Morgan fingerprint density at radius 3 is 2.56 bits per heavy atom. The number of benzene rings is 2. The first-order valence-electron chi connectivity index (χ1n) is 8.01. The van der Waals surface area contributed by atoms with Crippen molar-refractivity contribution in [2.45, 2.75) is 20.3 Å². The van der Waals surface area contributed by atoms with Gasteiger partial charge in [-0.3, -0.25) is 4.79 Å². The molecule has 0 saturated heterocycles. The lowest BCUT2D eigenvalue weighted by Crippen LogP contribution is -2.13. The molecule has 0 radical (unpaired) electrons. The van der Waals surface area contributed by atoms with Crippen LogP contribution in [0.4, 0.5) is 5.69 Å². The second-order valence-electron chi connectivity index (χ2n) is 5.33. The van der Waals surface area contributed by atoms with Crippen molar-refractivity contribution in [3.05, 3.63) is 62.7 Å². The Labute approximate surface area is 161 Å². The number of carbonyl (C=O) groups is 1. The normalized spacial score (nSPS) is 10.9. The molecule has 2 rings (SSSR count). The summed E-state index contributed by atoms with van der Waals surface area (Å²) in [5, 5.41) is 12.1. The summed E-state index contributed by atoms with van der Waals surface area (Å²) >= 11 is 2.18. The molecule has 4 nitrogen and oxygen atoms in total. The van der Waals surface area contributed by atoms with Crippen LogP contribution in [0.25, 0.3) is 6.08 Å². The van der Waals surface area contributed by atoms with Crippen LogP contribution in [0, 0.1) is 14.9 Å². The smallest absolute Gasteiger partial charge is 0.266 e. The maximum atomic E-state index is 12.4. The molecule has 0 aliphatic rings. The summed E-state index contributed by atoms with van der Waals surface area (Å²) in [6.45, 7) is 4.54. The number of hydrogen-bond donors (Lipinski definition) is 1. The Morgan fingerprint density at radius 2 is 1.96 bits per heavy atom. The molecule has 25 heavy (non-hydrogen) atoms. The summed E-state index contributed by atoms with van der Waals surface area (Å²) in [7, 11) is 0. The average molecular weight is 446 g/mol. The molecule has 2 aromatic rings. The van der Waals surface area contributed by atoms with E-state index in [-0.39, 0.29) is 5.57 Å². The van der Waals surface area contributed by atoms with Crippen molar-refractivity contribution in [3.63, 3.8) is 0 Å². The van der Waals surface area contributed by atoms with Gasteiger partial charge in [0.2, 0.25) is 0 Å². The molecule has 0 bridgehead atoms. The van der Waals surface area contributed by atoms with Crippen molar-refractivity contribution >= 4 is 40.3 Å². The Balaban J connectivity index is 2.21. The highest BCUT2D eigenvalue weighted by molar-refractivity contribution is 14.1. The summed E-state index contributed by atoms with van der Waals surface area (Å²) in [5.41, 5.74) is 2.66. The lowest BCUT2D eigenvalue weighted by molar-refractivity contribution is -0.112. The molecule has 0 aliphatic carbocycles. The van der Waals surface area contributed by atoms with Crippen molar-refractivity contribution in [2.75, 3.05) is 11.9 Å². The van der Waals surface area contributed by atoms with E-state index in [0.717, 1.165) is 15.6 Å². The quantitative estimate of drug-likeness (QED) is 0.394. The number of halogens is 1. The van der Waals surface area contributed by atoms with Gasteiger partial charge in [-0.05, 0) is 83.5 Å². The fraction of sp³-hybridized carbons (Fsp3) is 0.200. The van der Waals surface area contributed by atoms with Crippen molar-refractivity contribution in [1.82, 2.24) is 0 Å². The van der Waals surface area contributed by atoms with Crippen LogP contribution in [0.3, 0.4) is 0 Å². The maximum absolute atomic E-state index is 12.4. The van der Waals surface area contributed by atoms with Gasteiger partial charge in [-0.1, -0.05) is 19.1 Å². The first kappa shape index (κ1) is 19.0. The van der Waals surface area contributed by atoms with Crippen LogP contribution < -0.4 is 10.1 Å². The highest BCUT2D eigenvalue weighted by Gasteiger charge is 2.10. The minimum atomic E-state index is -0.427. The second-order valence-corrected chi connectivity index (χ2v) is 6.57. The molecule has 128 valence electrons. The number of carbonyl (C=O) groups excluding carboxylic acids is 1. The Bertz CT molecular complexity index is 821. The largest absolute Gasteiger partial charge is 0.494 e. The van der Waals surface area contributed by atoms with E-state index < -0.39 is 5.91 Å². The molecule has 0 fully saturated rings. The molecule has 1 N–H and O–H groups in total. The molecule has 0 aromatic heterocycles. The number of aryl methyl sites for hydroxylation is 1. The molecular formula is C20H19IN2O2. The van der Waals surface area contributed by atoms with Gasteiger partial charge in [-0.25, -0.2) is 0 Å². The van der Waals surface area contributed by atoms with E-state index in [1.165, 1.54) is 5.56 Å². The van der Waals surface area contributed by atoms with Crippen LogP contribution in [-0.4, -0.2) is 12.5 Å². The third kappa shape index (κ3) is 5.61. The zero-order valence-electron chi connectivity index (χ0n) is 14.2. The third-order valence-electron chi connectivity index (χ3n) is 3.50. The van der Waals surface area contributed by atoms with Gasteiger partial charge in [0.1, 0.15) is 17.4 Å². The molecule has 0 atom stereocenters. The molecule has 0 saturated carbocycles. The SMILES string of the molecule is CCOc1cc(I)cc(/C=C(\C#N)C(=O)Nc2ccc(CC)cc2)c1. The Kier molecular flexibility index (Phi) is 7.02. The van der Waals surface area contributed by atoms with E-state index in [9.17, 15) is 10.1 Å². The monoisotopic (exact) mass is 446 g/mol. The van der Waals surface area contributed by atoms with Gasteiger partial charge >= 0.3 is 0 Å². The molecule has 2 aromatic carbocycles. The van der Waals surface area contributed by atoms with E-state index in [2.05, 4.69) is 34.8 Å². The molecule has 1 amide bonds. The first-order valence-corrected chi connectivity index (χ1v) is 9.09. The van der Waals surface area contributed by atoms with Gasteiger partial charge in [0, 0.05) is 9.26 Å². The molecule has 5 heteroatoms. The molecule has 0 aliphatic heterocycles. The second kappa shape index (κ2) is 9.23. The lowest BCUT2D eigenvalue weighted by Gasteiger charge is -2.07. The van der Waals surface area contributed by atoms with E-state index >= 15 is 0 Å². The molecule has 0 unspecified atom stereocenters. The van der Waals surface area contributed by atoms with Gasteiger partial charge in [0.25, 0.3) is 5.91 Å². The predicted octanol–water partition coefficient (Wildman–Crippen LogP) is 4.80. The summed E-state index contributed by atoms with van der Waals surface area (Å²) < 4.78 is 6.48. The van der Waals surface area contributed by atoms with Crippen LogP contribution in [0.5, 0.6) is 5.75 Å². The van der Waals surface area contributed by atoms with Crippen LogP contribution in [0.2, 0.25) is 0 Å². The summed E-state index contributed by atoms with van der Waals surface area (Å²) in [6.07, 6.45) is 2.51. The van der Waals surface area contributed by atoms with Crippen molar-refractivity contribution < 1.29 is 9.53 Å². The molecule has 0 spiro atoms. The summed E-state index contributed by atoms with van der Waals surface area (Å²) in [6, 6.07) is 15.2. The zero-order valence-corrected chi connectivity index (χ0v) is 16.3. The minimum Gasteiger partial charge on any atom is -0.494 e. The maximum Gasteiger partial charge on any atom is 0.266 e. The van der Waals surface area contributed by atoms with Crippen molar-refractivity contribution in [1.29, 1.82) is 5.26 Å². The van der Waals surface area contributed by atoms with Crippen LogP contribution in [-0.2, 0) is 11.2 Å². The first-order chi connectivity index (χ1) is 12.0. The Morgan fingerprint density at radius 1 is 1.24 bits per heavy atom. The molecular weight excluding hydrogens is 427 g/mol. The summed E-state index contributed by atoms with van der Waals surface area (Å²) in [5.74, 6) is 0.289. The van der Waals surface area contributed by atoms with Crippen LogP contribution in [0.1, 0.15) is 25.0 Å². The topological polar surface area (TPSA) is 62.1 Å². The average Bonchev–Trinajstić information content (AvgIpc) is 2.60. The number of nitrogens with one attached hydrogen (secondary N) is 1. The highest BCUT2D eigenvalue weighted by atomic mass is 127. The number of nitriles is 1. The standard InChI is InChI=1S/C20H19IN2O2/c1-3-14-5-7-18(8-6-14)23-20(24)16(13-22)9-15-10-17(21)12-19(11-15)25-4-2/h5-12H,3-4H2,1-2H3,(H,23,24)/b16-9+. The third-order valence-corrected chi connectivity index (χ3v) is 4.12. The number of ether oxygens (including phenoxy) is 1. The Hall–Kier alpha value is -2.33. The van der Waals surface area contributed by atoms with Gasteiger partial charge in [-0.15, -0.1) is 0 Å². The van der Waals surface area contributed by atoms with Crippen molar-refractivity contribution in [2.24, 2.45) is 0 Å². The number of rotatable bonds is 6. The summed E-state index contributed by atoms with van der Waals surface area (Å²) in [4.78, 5) is 12.4. The number of hydrogen-bond acceptors (Lipinski definition) is 3. The fourth-order valence-electron chi connectivity index (χ4n) is 2.26. The van der Waals surface area contributed by atoms with Crippen LogP contribution in [0.15, 0.2) is 48.0 Å². The van der Waals surface area contributed by atoms with Gasteiger partial charge in [0.05, 0.1) is 6.61 Å². The highest BCUT2D eigenvalue weighted by Crippen LogP contribution is 2.21. The van der Waals surface area contributed by atoms with E-state index in [4.69, 9.17) is 4.74 Å². The number of anilines is 1.